The van der Waals surface area contributed by atoms with Gasteiger partial charge in [0.05, 0.1) is 18.0 Å². The van der Waals surface area contributed by atoms with Crippen molar-refractivity contribution in [2.24, 2.45) is 17.8 Å². The fourth-order valence-corrected chi connectivity index (χ4v) is 7.22. The Morgan fingerprint density at radius 2 is 1.57 bits per heavy atom. The second-order valence-corrected chi connectivity index (χ2v) is 13.4. The van der Waals surface area contributed by atoms with Crippen molar-refractivity contribution >= 4 is 27.8 Å². The van der Waals surface area contributed by atoms with Gasteiger partial charge in [0.15, 0.2) is 0 Å². The van der Waals surface area contributed by atoms with Gasteiger partial charge in [-0.05, 0) is 113 Å². The molecule has 2 amide bonds. The fourth-order valence-electron chi connectivity index (χ4n) is 5.98. The fraction of sp³-hybridized carbons (Fsp3) is 0.690. The van der Waals surface area contributed by atoms with Gasteiger partial charge in [0.1, 0.15) is 11.8 Å². The topological polar surface area (TPSA) is 175 Å². The van der Waals surface area contributed by atoms with Crippen LogP contribution in [0.2, 0.25) is 0 Å². The van der Waals surface area contributed by atoms with Gasteiger partial charge in [0.2, 0.25) is 21.8 Å². The largest absolute Gasteiger partial charge is 0.493 e. The first-order chi connectivity index (χ1) is 20.2. The summed E-state index contributed by atoms with van der Waals surface area (Å²) in [4.78, 5) is 37.4. The molecule has 0 radical (unpaired) electrons. The van der Waals surface area contributed by atoms with Crippen molar-refractivity contribution in [3.8, 4) is 5.75 Å². The lowest BCUT2D eigenvalue weighted by Gasteiger charge is -2.27. The van der Waals surface area contributed by atoms with E-state index in [0.717, 1.165) is 83.1 Å². The lowest BCUT2D eigenvalue weighted by atomic mass is 9.84. The molecule has 0 bridgehead atoms. The van der Waals surface area contributed by atoms with E-state index in [1.165, 1.54) is 12.1 Å². The molecule has 0 aromatic heterocycles. The highest BCUT2D eigenvalue weighted by atomic mass is 32.2. The molecule has 13 heteroatoms. The number of hydrogen-bond acceptors (Lipinski definition) is 8. The van der Waals surface area contributed by atoms with Gasteiger partial charge in [0, 0.05) is 18.9 Å². The van der Waals surface area contributed by atoms with Crippen molar-refractivity contribution in [2.75, 3.05) is 45.9 Å². The third kappa shape index (κ3) is 9.65. The van der Waals surface area contributed by atoms with Crippen LogP contribution >= 0.6 is 0 Å². The number of benzene rings is 1. The molecular weight excluding hydrogens is 562 g/mol. The molecule has 2 saturated heterocycles. The molecule has 42 heavy (non-hydrogen) atoms. The van der Waals surface area contributed by atoms with E-state index < -0.39 is 34.5 Å². The Balaban J connectivity index is 1.26. The van der Waals surface area contributed by atoms with E-state index in [4.69, 9.17) is 4.74 Å². The highest BCUT2D eigenvalue weighted by Gasteiger charge is 2.28. The monoisotopic (exact) mass is 607 g/mol. The van der Waals surface area contributed by atoms with Gasteiger partial charge in [-0.3, -0.25) is 14.4 Å². The minimum Gasteiger partial charge on any atom is -0.493 e. The Hall–Kier alpha value is -2.74. The highest BCUT2D eigenvalue weighted by molar-refractivity contribution is 7.89. The Morgan fingerprint density at radius 1 is 0.952 bits per heavy atom. The van der Waals surface area contributed by atoms with Crippen molar-refractivity contribution in [2.45, 2.75) is 68.7 Å². The van der Waals surface area contributed by atoms with Crippen molar-refractivity contribution in [3.05, 3.63) is 23.8 Å². The first-order valence-corrected chi connectivity index (χ1v) is 16.7. The molecule has 0 aliphatic carbocycles. The molecule has 0 spiro atoms. The maximum absolute atomic E-state index is 13.2. The van der Waals surface area contributed by atoms with E-state index in [9.17, 15) is 27.9 Å². The Bertz CT molecular complexity index is 1160. The molecule has 12 nitrogen and oxygen atoms in total. The number of piperidine rings is 2. The summed E-state index contributed by atoms with van der Waals surface area (Å²) in [6.07, 6.45) is 8.54. The van der Waals surface area contributed by atoms with Crippen LogP contribution in [0.1, 0.15) is 56.9 Å². The summed E-state index contributed by atoms with van der Waals surface area (Å²) in [5.74, 6) is -0.542. The zero-order valence-electron chi connectivity index (χ0n) is 24.2. The van der Waals surface area contributed by atoms with Gasteiger partial charge in [-0.25, -0.2) is 8.42 Å². The van der Waals surface area contributed by atoms with Gasteiger partial charge in [-0.1, -0.05) is 0 Å². The van der Waals surface area contributed by atoms with Crippen LogP contribution in [0.25, 0.3) is 0 Å². The van der Waals surface area contributed by atoms with Crippen LogP contribution in [0.5, 0.6) is 5.75 Å². The summed E-state index contributed by atoms with van der Waals surface area (Å²) in [7, 11) is -4.16. The maximum Gasteiger partial charge on any atom is 0.323 e. The average Bonchev–Trinajstić information content (AvgIpc) is 3.47. The van der Waals surface area contributed by atoms with Crippen molar-refractivity contribution in [3.63, 3.8) is 0 Å². The van der Waals surface area contributed by atoms with Crippen molar-refractivity contribution < 1.29 is 32.6 Å². The third-order valence-electron chi connectivity index (χ3n) is 8.63. The second kappa shape index (κ2) is 15.6. The molecule has 1 aromatic carbocycles. The van der Waals surface area contributed by atoms with Crippen molar-refractivity contribution in [1.82, 2.24) is 26.0 Å². The molecule has 0 saturated carbocycles. The quantitative estimate of drug-likeness (QED) is 0.168. The number of rotatable bonds is 15. The first kappa shape index (κ1) is 32.2. The number of carboxylic acids is 1. The number of fused-ring (bicyclic) bond motifs is 1. The number of nitrogens with one attached hydrogen (secondary N) is 5. The second-order valence-electron chi connectivity index (χ2n) is 11.6. The van der Waals surface area contributed by atoms with E-state index in [1.54, 1.807) is 6.07 Å². The van der Waals surface area contributed by atoms with Crippen LogP contribution in [0.15, 0.2) is 23.1 Å². The predicted molar refractivity (Wildman–Crippen MR) is 157 cm³/mol. The van der Waals surface area contributed by atoms with Crippen LogP contribution in [-0.2, 0) is 30.8 Å². The summed E-state index contributed by atoms with van der Waals surface area (Å²) in [5.41, 5.74) is 0.735. The van der Waals surface area contributed by atoms with Gasteiger partial charge in [0.25, 0.3) is 0 Å². The van der Waals surface area contributed by atoms with Gasteiger partial charge in [-0.2, -0.15) is 4.72 Å². The molecule has 3 heterocycles. The van der Waals surface area contributed by atoms with E-state index in [2.05, 4.69) is 26.0 Å². The lowest BCUT2D eigenvalue weighted by Crippen LogP contribution is -2.50. The average molecular weight is 608 g/mol. The van der Waals surface area contributed by atoms with Crippen LogP contribution in [0, 0.1) is 17.8 Å². The maximum atomic E-state index is 13.2. The number of amides is 2. The molecule has 3 aliphatic heterocycles. The predicted octanol–water partition coefficient (Wildman–Crippen LogP) is 0.761. The first-order valence-electron chi connectivity index (χ1n) is 15.2. The van der Waals surface area contributed by atoms with Crippen LogP contribution < -0.4 is 30.7 Å². The van der Waals surface area contributed by atoms with E-state index in [-0.39, 0.29) is 23.3 Å². The van der Waals surface area contributed by atoms with E-state index in [0.29, 0.717) is 30.6 Å². The number of hydrogen-bond donors (Lipinski definition) is 6. The molecule has 2 fully saturated rings. The summed E-state index contributed by atoms with van der Waals surface area (Å²) < 4.78 is 33.2. The standard InChI is InChI=1S/C29H45N5O7S/c35-27(32-18-25(29(37)38)34-42(39,40)24-5-6-26-23(17-24)11-16-41-26)19-33-28(36)22(3-1-20-7-12-30-13-8-20)4-2-21-9-14-31-15-10-21/h5-6,17,20-22,25,30-31,34H,1-4,7-16,18-19H2,(H,32,35)(H,33,36)(H,37,38). The number of ether oxygens (including phenoxy) is 1. The van der Waals surface area contributed by atoms with Gasteiger partial charge < -0.3 is 31.1 Å². The van der Waals surface area contributed by atoms with Crippen LogP contribution in [0.3, 0.4) is 0 Å². The number of carbonyl (C=O) groups is 3. The minimum absolute atomic E-state index is 0.0726. The van der Waals surface area contributed by atoms with Crippen LogP contribution in [-0.4, -0.2) is 83.2 Å². The Labute approximate surface area is 248 Å². The van der Waals surface area contributed by atoms with E-state index in [1.807, 2.05) is 0 Å². The number of carboxylic acid groups (broad SMARTS) is 1. The molecule has 6 N–H and O–H groups in total. The molecule has 234 valence electrons. The molecule has 1 aromatic rings. The molecular formula is C29H45N5O7S. The molecule has 1 unspecified atom stereocenters. The Morgan fingerprint density at radius 3 is 2.17 bits per heavy atom. The number of aliphatic carboxylic acids is 1. The summed E-state index contributed by atoms with van der Waals surface area (Å²) in [6, 6.07) is 2.78. The smallest absolute Gasteiger partial charge is 0.323 e. The minimum atomic E-state index is -4.16. The molecule has 3 aliphatic rings. The van der Waals surface area contributed by atoms with E-state index >= 15 is 0 Å². The number of sulfonamides is 1. The summed E-state index contributed by atoms with van der Waals surface area (Å²) >= 11 is 0. The third-order valence-corrected chi connectivity index (χ3v) is 10.1. The van der Waals surface area contributed by atoms with Gasteiger partial charge >= 0.3 is 5.97 Å². The summed E-state index contributed by atoms with van der Waals surface area (Å²) in [5, 5.41) is 21.5. The molecule has 1 atom stereocenters. The van der Waals surface area contributed by atoms with Gasteiger partial charge in [-0.15, -0.1) is 0 Å². The Kier molecular flexibility index (Phi) is 12.0. The van der Waals surface area contributed by atoms with Crippen LogP contribution in [0.4, 0.5) is 0 Å². The number of carbonyl (C=O) groups excluding carboxylic acids is 2. The zero-order chi connectivity index (χ0) is 30.0. The lowest BCUT2D eigenvalue weighted by molar-refractivity contribution is -0.139. The normalized spacial score (nSPS) is 18.7. The highest BCUT2D eigenvalue weighted by Crippen LogP contribution is 2.28. The zero-order valence-corrected chi connectivity index (χ0v) is 25.0. The molecule has 4 rings (SSSR count). The SMILES string of the molecule is O=C(CNC(=O)C(CCC1CCNCC1)CCC1CCNCC1)NCC(NS(=O)(=O)c1ccc2c(c1)CCO2)C(=O)O. The van der Waals surface area contributed by atoms with Crippen molar-refractivity contribution in [1.29, 1.82) is 0 Å². The summed E-state index contributed by atoms with van der Waals surface area (Å²) in [6.45, 7) is 3.72.